The number of aromatic hydroxyl groups is 1. The number of aryl methyl sites for hydroxylation is 1. The molecule has 0 atom stereocenters. The maximum absolute atomic E-state index is 12.4. The first-order valence-electron chi connectivity index (χ1n) is 12.2. The molecule has 0 fully saturated rings. The second kappa shape index (κ2) is 11.7. The number of benzene rings is 2. The predicted molar refractivity (Wildman–Crippen MR) is 137 cm³/mol. The molecule has 1 aromatic heterocycles. The Bertz CT molecular complexity index is 1120. The quantitative estimate of drug-likeness (QED) is 0.236. The van der Waals surface area contributed by atoms with Crippen molar-refractivity contribution >= 4 is 28.6 Å². The molecule has 3 aromatic rings. The van der Waals surface area contributed by atoms with Crippen LogP contribution in [0.15, 0.2) is 30.3 Å². The topological polar surface area (TPSA) is 77.2 Å². The van der Waals surface area contributed by atoms with Crippen molar-refractivity contribution in [3.8, 4) is 11.4 Å². The summed E-state index contributed by atoms with van der Waals surface area (Å²) in [6.45, 7) is 8.76. The Morgan fingerprint density at radius 3 is 2.47 bits per heavy atom. The standard InChI is InChI=1S/C27H36ClN3O3/c1-5-6-7-8-9-10-17-34-24(33)16-12-19-11-15-23(32)25(27(2,3)4)26(19)31-29-21-14-13-20(28)18-22(21)30-31/h11,13-15,18,32H,5-10,12,16-17H2,1-4H3. The van der Waals surface area contributed by atoms with Gasteiger partial charge in [-0.2, -0.15) is 0 Å². The van der Waals surface area contributed by atoms with Crippen LogP contribution in [0.2, 0.25) is 5.02 Å². The molecule has 0 saturated carbocycles. The number of unbranched alkanes of at least 4 members (excludes halogenated alkanes) is 5. The van der Waals surface area contributed by atoms with Crippen molar-refractivity contribution in [2.75, 3.05) is 6.61 Å². The lowest BCUT2D eigenvalue weighted by molar-refractivity contribution is -0.143. The molecular weight excluding hydrogens is 450 g/mol. The van der Waals surface area contributed by atoms with Crippen LogP contribution in [0.5, 0.6) is 5.75 Å². The van der Waals surface area contributed by atoms with E-state index in [1.54, 1.807) is 23.0 Å². The third-order valence-electron chi connectivity index (χ3n) is 5.89. The minimum absolute atomic E-state index is 0.177. The average Bonchev–Trinajstić information content (AvgIpc) is 3.19. The van der Waals surface area contributed by atoms with Crippen LogP contribution in [0.3, 0.4) is 0 Å². The van der Waals surface area contributed by atoms with Gasteiger partial charge in [0.2, 0.25) is 0 Å². The summed E-state index contributed by atoms with van der Waals surface area (Å²) in [5, 5.41) is 20.6. The lowest BCUT2D eigenvalue weighted by Crippen LogP contribution is -2.19. The monoisotopic (exact) mass is 485 g/mol. The molecule has 184 valence electrons. The van der Waals surface area contributed by atoms with E-state index in [0.717, 1.165) is 24.0 Å². The van der Waals surface area contributed by atoms with Gasteiger partial charge in [0.1, 0.15) is 16.8 Å². The summed E-state index contributed by atoms with van der Waals surface area (Å²) >= 11 is 6.13. The van der Waals surface area contributed by atoms with Gasteiger partial charge in [0.25, 0.3) is 0 Å². The van der Waals surface area contributed by atoms with Crippen molar-refractivity contribution in [2.45, 2.75) is 84.5 Å². The van der Waals surface area contributed by atoms with E-state index in [2.05, 4.69) is 17.1 Å². The fourth-order valence-corrected chi connectivity index (χ4v) is 4.32. The van der Waals surface area contributed by atoms with E-state index in [4.69, 9.17) is 16.3 Å². The van der Waals surface area contributed by atoms with Gasteiger partial charge in [-0.05, 0) is 48.1 Å². The second-order valence-corrected chi connectivity index (χ2v) is 10.3. The van der Waals surface area contributed by atoms with Gasteiger partial charge in [-0.1, -0.05) is 77.5 Å². The first kappa shape index (κ1) is 26.0. The fraction of sp³-hybridized carbons (Fsp3) is 0.519. The smallest absolute Gasteiger partial charge is 0.306 e. The molecule has 7 heteroatoms. The van der Waals surface area contributed by atoms with Gasteiger partial charge >= 0.3 is 5.97 Å². The minimum atomic E-state index is -0.370. The summed E-state index contributed by atoms with van der Waals surface area (Å²) in [6.07, 6.45) is 7.63. The fourth-order valence-electron chi connectivity index (χ4n) is 4.16. The molecule has 0 spiro atoms. The third kappa shape index (κ3) is 6.72. The molecule has 0 aliphatic carbocycles. The lowest BCUT2D eigenvalue weighted by atomic mass is 9.83. The van der Waals surface area contributed by atoms with Crippen molar-refractivity contribution in [1.29, 1.82) is 0 Å². The number of rotatable bonds is 11. The Labute approximate surface area is 207 Å². The number of halogens is 1. The molecule has 0 aliphatic heterocycles. The highest BCUT2D eigenvalue weighted by molar-refractivity contribution is 6.31. The Hall–Kier alpha value is -2.60. The molecule has 3 rings (SSSR count). The highest BCUT2D eigenvalue weighted by Gasteiger charge is 2.27. The highest BCUT2D eigenvalue weighted by atomic mass is 35.5. The molecule has 2 aromatic carbocycles. The van der Waals surface area contributed by atoms with Gasteiger partial charge in [-0.3, -0.25) is 4.79 Å². The number of carbonyl (C=O) groups is 1. The van der Waals surface area contributed by atoms with Crippen LogP contribution in [0.4, 0.5) is 0 Å². The second-order valence-electron chi connectivity index (χ2n) is 9.83. The van der Waals surface area contributed by atoms with Crippen molar-refractivity contribution in [2.24, 2.45) is 0 Å². The Balaban J connectivity index is 1.78. The van der Waals surface area contributed by atoms with Crippen molar-refractivity contribution < 1.29 is 14.6 Å². The molecule has 0 aliphatic rings. The maximum Gasteiger partial charge on any atom is 0.306 e. The molecule has 0 saturated heterocycles. The molecule has 0 bridgehead atoms. The molecule has 34 heavy (non-hydrogen) atoms. The van der Waals surface area contributed by atoms with Gasteiger partial charge in [0.15, 0.2) is 0 Å². The lowest BCUT2D eigenvalue weighted by Gasteiger charge is -2.25. The summed E-state index contributed by atoms with van der Waals surface area (Å²) in [5.41, 5.74) is 3.31. The number of fused-ring (bicyclic) bond motifs is 1. The van der Waals surface area contributed by atoms with Crippen molar-refractivity contribution in [3.63, 3.8) is 0 Å². The number of ether oxygens (including phenoxy) is 1. The molecule has 6 nitrogen and oxygen atoms in total. The molecule has 0 amide bonds. The van der Waals surface area contributed by atoms with Crippen LogP contribution >= 0.6 is 11.6 Å². The number of phenols is 1. The van der Waals surface area contributed by atoms with Gasteiger partial charge in [-0.25, -0.2) is 0 Å². The summed E-state index contributed by atoms with van der Waals surface area (Å²) < 4.78 is 5.46. The van der Waals surface area contributed by atoms with Crippen LogP contribution in [0.25, 0.3) is 16.7 Å². The van der Waals surface area contributed by atoms with Gasteiger partial charge < -0.3 is 9.84 Å². The van der Waals surface area contributed by atoms with Crippen molar-refractivity contribution in [3.05, 3.63) is 46.5 Å². The first-order valence-corrected chi connectivity index (χ1v) is 12.6. The van der Waals surface area contributed by atoms with Gasteiger partial charge in [0, 0.05) is 17.0 Å². The number of nitrogens with zero attached hydrogens (tertiary/aromatic N) is 3. The number of aromatic nitrogens is 3. The number of hydrogen-bond acceptors (Lipinski definition) is 5. The molecule has 0 radical (unpaired) electrons. The average molecular weight is 486 g/mol. The van der Waals surface area contributed by atoms with E-state index in [9.17, 15) is 9.90 Å². The van der Waals surface area contributed by atoms with E-state index >= 15 is 0 Å². The minimum Gasteiger partial charge on any atom is -0.508 e. The summed E-state index contributed by atoms with van der Waals surface area (Å²) in [4.78, 5) is 14.0. The summed E-state index contributed by atoms with van der Waals surface area (Å²) in [6, 6.07) is 8.87. The SMILES string of the molecule is CCCCCCCCOC(=O)CCc1ccc(O)c(C(C)(C)C)c1-n1nc2ccc(Cl)cc2n1. The summed E-state index contributed by atoms with van der Waals surface area (Å²) in [7, 11) is 0. The largest absolute Gasteiger partial charge is 0.508 e. The highest BCUT2D eigenvalue weighted by Crippen LogP contribution is 2.38. The Morgan fingerprint density at radius 1 is 1.03 bits per heavy atom. The number of hydrogen-bond donors (Lipinski definition) is 1. The van der Waals surface area contributed by atoms with Gasteiger partial charge in [-0.15, -0.1) is 15.0 Å². The zero-order valence-electron chi connectivity index (χ0n) is 20.7. The molecule has 1 N–H and O–H groups in total. The number of carbonyl (C=O) groups excluding carboxylic acids is 1. The van der Waals surface area contributed by atoms with Crippen LogP contribution in [0, 0.1) is 0 Å². The van der Waals surface area contributed by atoms with Crippen LogP contribution < -0.4 is 0 Å². The van der Waals surface area contributed by atoms with Crippen LogP contribution in [-0.2, 0) is 21.4 Å². The first-order chi connectivity index (χ1) is 16.2. The van der Waals surface area contributed by atoms with E-state index in [0.29, 0.717) is 34.8 Å². The van der Waals surface area contributed by atoms with Crippen molar-refractivity contribution in [1.82, 2.24) is 15.0 Å². The summed E-state index contributed by atoms with van der Waals surface area (Å²) in [5.74, 6) is -0.0356. The molecule has 0 unspecified atom stereocenters. The zero-order chi connectivity index (χ0) is 24.7. The molecule has 1 heterocycles. The zero-order valence-corrected chi connectivity index (χ0v) is 21.5. The third-order valence-corrected chi connectivity index (χ3v) is 6.13. The van der Waals surface area contributed by atoms with E-state index in [1.165, 1.54) is 25.7 Å². The van der Waals surface area contributed by atoms with E-state index in [-0.39, 0.29) is 23.6 Å². The van der Waals surface area contributed by atoms with Crippen LogP contribution in [-0.4, -0.2) is 32.7 Å². The number of esters is 1. The van der Waals surface area contributed by atoms with E-state index in [1.807, 2.05) is 32.9 Å². The number of phenolic OH excluding ortho intramolecular Hbond substituents is 1. The van der Waals surface area contributed by atoms with Gasteiger partial charge in [0.05, 0.1) is 12.3 Å². The molecular formula is C27H36ClN3O3. The van der Waals surface area contributed by atoms with Crippen LogP contribution in [0.1, 0.15) is 83.8 Å². The maximum atomic E-state index is 12.4. The Morgan fingerprint density at radius 2 is 1.74 bits per heavy atom. The normalized spacial score (nSPS) is 11.8. The van der Waals surface area contributed by atoms with E-state index < -0.39 is 0 Å². The predicted octanol–water partition coefficient (Wildman–Crippen LogP) is 6.91. The Kier molecular flexibility index (Phi) is 8.95.